The molecule has 5 nitrogen and oxygen atoms in total. The molecular weight excluding hydrogens is 214 g/mol. The Bertz CT molecular complexity index is 375. The van der Waals surface area contributed by atoms with Gasteiger partial charge in [0.15, 0.2) is 0 Å². The number of nitrogens with one attached hydrogen (secondary N) is 1. The number of nitrogen functional groups attached to an aromatic ring is 1. The highest BCUT2D eigenvalue weighted by atomic mass is 15.3. The predicted octanol–water partition coefficient (Wildman–Crippen LogP) is 1.70. The van der Waals surface area contributed by atoms with Crippen molar-refractivity contribution in [3.8, 4) is 0 Å². The Morgan fingerprint density at radius 3 is 2.76 bits per heavy atom. The molecule has 1 aliphatic carbocycles. The van der Waals surface area contributed by atoms with Crippen LogP contribution in [-0.4, -0.2) is 23.1 Å². The first kappa shape index (κ1) is 12.1. The summed E-state index contributed by atoms with van der Waals surface area (Å²) in [4.78, 5) is 10.8. The van der Waals surface area contributed by atoms with E-state index in [1.807, 2.05) is 6.92 Å². The molecule has 0 aliphatic heterocycles. The Balaban J connectivity index is 2.17. The van der Waals surface area contributed by atoms with Crippen LogP contribution in [-0.2, 0) is 0 Å². The molecule has 3 N–H and O–H groups in total. The Kier molecular flexibility index (Phi) is 3.78. The number of hydrogen-bond acceptors (Lipinski definition) is 5. The maximum atomic E-state index is 5.44. The van der Waals surface area contributed by atoms with Gasteiger partial charge in [-0.05, 0) is 32.6 Å². The molecule has 0 radical (unpaired) electrons. The molecule has 1 saturated carbocycles. The van der Waals surface area contributed by atoms with E-state index < -0.39 is 0 Å². The van der Waals surface area contributed by atoms with E-state index in [2.05, 4.69) is 27.2 Å². The molecule has 1 aliphatic rings. The van der Waals surface area contributed by atoms with Crippen molar-refractivity contribution in [3.63, 3.8) is 0 Å². The predicted molar refractivity (Wildman–Crippen MR) is 69.8 cm³/mol. The summed E-state index contributed by atoms with van der Waals surface area (Å²) in [5.74, 6) is 7.99. The van der Waals surface area contributed by atoms with Gasteiger partial charge >= 0.3 is 0 Å². The third-order valence-electron chi connectivity index (χ3n) is 3.58. The molecule has 0 unspecified atom stereocenters. The molecule has 94 valence electrons. The molecule has 0 aromatic carbocycles. The molecule has 1 fully saturated rings. The first-order valence-electron chi connectivity index (χ1n) is 6.29. The number of aromatic nitrogens is 2. The standard InChI is InChI=1S/C12H21N5/c1-3-17(7-10-5-4-6-10)12-9(2)11(16-13)14-8-15-12/h8,10H,3-7,13H2,1-2H3,(H,14,15,16). The minimum absolute atomic E-state index is 0.710. The molecule has 0 bridgehead atoms. The fourth-order valence-electron chi connectivity index (χ4n) is 2.26. The Hall–Kier alpha value is -1.36. The number of nitrogens with zero attached hydrogens (tertiary/aromatic N) is 3. The van der Waals surface area contributed by atoms with Crippen LogP contribution in [0.5, 0.6) is 0 Å². The summed E-state index contributed by atoms with van der Waals surface area (Å²) in [5.41, 5.74) is 3.64. The number of rotatable bonds is 5. The van der Waals surface area contributed by atoms with Crippen LogP contribution >= 0.6 is 0 Å². The van der Waals surface area contributed by atoms with Crippen LogP contribution < -0.4 is 16.2 Å². The molecule has 1 heterocycles. The summed E-state index contributed by atoms with van der Waals surface area (Å²) < 4.78 is 0. The van der Waals surface area contributed by atoms with Crippen molar-refractivity contribution < 1.29 is 0 Å². The first-order chi connectivity index (χ1) is 8.26. The first-order valence-corrected chi connectivity index (χ1v) is 6.29. The molecule has 1 aromatic rings. The minimum atomic E-state index is 0.710. The average molecular weight is 235 g/mol. The summed E-state index contributed by atoms with van der Waals surface area (Å²) >= 11 is 0. The maximum Gasteiger partial charge on any atom is 0.148 e. The lowest BCUT2D eigenvalue weighted by Crippen LogP contribution is -2.33. The fourth-order valence-corrected chi connectivity index (χ4v) is 2.26. The van der Waals surface area contributed by atoms with E-state index in [9.17, 15) is 0 Å². The van der Waals surface area contributed by atoms with Crippen molar-refractivity contribution in [1.82, 2.24) is 9.97 Å². The zero-order valence-corrected chi connectivity index (χ0v) is 10.6. The van der Waals surface area contributed by atoms with Crippen LogP contribution in [0.15, 0.2) is 6.33 Å². The van der Waals surface area contributed by atoms with E-state index >= 15 is 0 Å². The number of nitrogens with two attached hydrogens (primary N) is 1. The lowest BCUT2D eigenvalue weighted by Gasteiger charge is -2.33. The largest absolute Gasteiger partial charge is 0.356 e. The topological polar surface area (TPSA) is 67.1 Å². The van der Waals surface area contributed by atoms with Crippen molar-refractivity contribution in [2.75, 3.05) is 23.4 Å². The fraction of sp³-hybridized carbons (Fsp3) is 0.667. The number of anilines is 2. The third-order valence-corrected chi connectivity index (χ3v) is 3.58. The molecule has 17 heavy (non-hydrogen) atoms. The third kappa shape index (κ3) is 2.49. The van der Waals surface area contributed by atoms with Crippen molar-refractivity contribution in [1.29, 1.82) is 0 Å². The van der Waals surface area contributed by atoms with Gasteiger partial charge in [-0.2, -0.15) is 0 Å². The van der Waals surface area contributed by atoms with Crippen LogP contribution in [0, 0.1) is 12.8 Å². The highest BCUT2D eigenvalue weighted by molar-refractivity contribution is 5.57. The number of hydrazine groups is 1. The maximum absolute atomic E-state index is 5.44. The van der Waals surface area contributed by atoms with Crippen LogP contribution in [0.3, 0.4) is 0 Å². The molecular formula is C12H21N5. The number of hydrogen-bond donors (Lipinski definition) is 2. The Morgan fingerprint density at radius 2 is 2.24 bits per heavy atom. The summed E-state index contributed by atoms with van der Waals surface area (Å²) in [6.07, 6.45) is 5.65. The van der Waals surface area contributed by atoms with E-state index in [0.29, 0.717) is 5.82 Å². The SMILES string of the molecule is CCN(CC1CCC1)c1ncnc(NN)c1C. The Labute approximate surface area is 102 Å². The molecule has 2 rings (SSSR count). The van der Waals surface area contributed by atoms with Gasteiger partial charge in [-0.15, -0.1) is 0 Å². The van der Waals surface area contributed by atoms with E-state index in [1.165, 1.54) is 19.3 Å². The Morgan fingerprint density at radius 1 is 1.47 bits per heavy atom. The lowest BCUT2D eigenvalue weighted by molar-refractivity contribution is 0.318. The second-order valence-corrected chi connectivity index (χ2v) is 4.65. The lowest BCUT2D eigenvalue weighted by atomic mass is 9.85. The van der Waals surface area contributed by atoms with Gasteiger partial charge in [-0.1, -0.05) is 6.42 Å². The van der Waals surface area contributed by atoms with E-state index in [-0.39, 0.29) is 0 Å². The van der Waals surface area contributed by atoms with Crippen molar-refractivity contribution >= 4 is 11.6 Å². The van der Waals surface area contributed by atoms with Crippen molar-refractivity contribution in [2.45, 2.75) is 33.1 Å². The zero-order valence-electron chi connectivity index (χ0n) is 10.6. The second kappa shape index (κ2) is 5.31. The highest BCUT2D eigenvalue weighted by Crippen LogP contribution is 2.30. The second-order valence-electron chi connectivity index (χ2n) is 4.65. The van der Waals surface area contributed by atoms with Crippen molar-refractivity contribution in [2.24, 2.45) is 11.8 Å². The van der Waals surface area contributed by atoms with E-state index in [0.717, 1.165) is 30.4 Å². The smallest absolute Gasteiger partial charge is 0.148 e. The molecule has 0 spiro atoms. The van der Waals surface area contributed by atoms with Crippen LogP contribution in [0.25, 0.3) is 0 Å². The summed E-state index contributed by atoms with van der Waals surface area (Å²) in [6, 6.07) is 0. The highest BCUT2D eigenvalue weighted by Gasteiger charge is 2.22. The van der Waals surface area contributed by atoms with Gasteiger partial charge in [0.05, 0.1) is 0 Å². The van der Waals surface area contributed by atoms with Crippen LogP contribution in [0.2, 0.25) is 0 Å². The summed E-state index contributed by atoms with van der Waals surface area (Å²) in [6.45, 7) is 6.24. The molecule has 1 aromatic heterocycles. The van der Waals surface area contributed by atoms with Gasteiger partial charge in [0.2, 0.25) is 0 Å². The van der Waals surface area contributed by atoms with Crippen molar-refractivity contribution in [3.05, 3.63) is 11.9 Å². The monoisotopic (exact) mass is 235 g/mol. The van der Waals surface area contributed by atoms with Gasteiger partial charge in [-0.3, -0.25) is 0 Å². The van der Waals surface area contributed by atoms with Gasteiger partial charge in [0, 0.05) is 18.7 Å². The van der Waals surface area contributed by atoms with Gasteiger partial charge in [0.1, 0.15) is 18.0 Å². The molecule has 5 heteroatoms. The average Bonchev–Trinajstić information content (AvgIpc) is 2.29. The van der Waals surface area contributed by atoms with Gasteiger partial charge in [-0.25, -0.2) is 15.8 Å². The molecule has 0 atom stereocenters. The zero-order chi connectivity index (χ0) is 12.3. The molecule has 0 saturated heterocycles. The summed E-state index contributed by atoms with van der Waals surface area (Å²) in [5, 5.41) is 0. The summed E-state index contributed by atoms with van der Waals surface area (Å²) in [7, 11) is 0. The van der Waals surface area contributed by atoms with Crippen LogP contribution in [0.4, 0.5) is 11.6 Å². The van der Waals surface area contributed by atoms with Gasteiger partial charge in [0.25, 0.3) is 0 Å². The van der Waals surface area contributed by atoms with Gasteiger partial charge < -0.3 is 10.3 Å². The normalized spacial score (nSPS) is 15.5. The molecule has 0 amide bonds. The van der Waals surface area contributed by atoms with E-state index in [4.69, 9.17) is 5.84 Å². The van der Waals surface area contributed by atoms with E-state index in [1.54, 1.807) is 6.33 Å². The van der Waals surface area contributed by atoms with Crippen LogP contribution in [0.1, 0.15) is 31.7 Å². The quantitative estimate of drug-likeness (QED) is 0.600. The minimum Gasteiger partial charge on any atom is -0.356 e.